The Morgan fingerprint density at radius 1 is 1.22 bits per heavy atom. The fourth-order valence-electron chi connectivity index (χ4n) is 1.71. The maximum atomic E-state index is 12.8. The summed E-state index contributed by atoms with van der Waals surface area (Å²) >= 11 is 0. The molecule has 3 aromatic heterocycles. The summed E-state index contributed by atoms with van der Waals surface area (Å²) in [6, 6.07) is 5.02. The van der Waals surface area contributed by atoms with Crippen molar-refractivity contribution in [3.05, 3.63) is 46.4 Å². The number of halogens is 3. The molecule has 118 valence electrons. The Morgan fingerprint density at radius 3 is 2.70 bits per heavy atom. The van der Waals surface area contributed by atoms with Crippen LogP contribution < -0.4 is 4.74 Å². The Balaban J connectivity index is 2.03. The first kappa shape index (κ1) is 14.6. The Kier molecular flexibility index (Phi) is 3.28. The largest absolute Gasteiger partial charge is 0.453 e. The van der Waals surface area contributed by atoms with E-state index in [4.69, 9.17) is 4.74 Å². The van der Waals surface area contributed by atoms with Gasteiger partial charge in [0.05, 0.1) is 0 Å². The summed E-state index contributed by atoms with van der Waals surface area (Å²) in [5, 5.41) is 20.8. The molecule has 0 aromatic carbocycles. The topological polar surface area (TPSA) is 108 Å². The lowest BCUT2D eigenvalue weighted by Gasteiger charge is -2.06. The van der Waals surface area contributed by atoms with Crippen LogP contribution in [0.4, 0.5) is 19.0 Å². The third-order valence-corrected chi connectivity index (χ3v) is 2.63. The minimum atomic E-state index is -4.76. The van der Waals surface area contributed by atoms with Gasteiger partial charge in [-0.05, 0) is 28.1 Å². The zero-order chi connectivity index (χ0) is 16.6. The van der Waals surface area contributed by atoms with Gasteiger partial charge in [-0.1, -0.05) is 0 Å². The van der Waals surface area contributed by atoms with Crippen molar-refractivity contribution >= 4 is 11.5 Å². The lowest BCUT2D eigenvalue weighted by atomic mass is 10.4. The third-order valence-electron chi connectivity index (χ3n) is 2.63. The van der Waals surface area contributed by atoms with Gasteiger partial charge in [-0.3, -0.25) is 0 Å². The molecule has 0 saturated heterocycles. The summed E-state index contributed by atoms with van der Waals surface area (Å²) in [5.41, 5.74) is -0.148. The van der Waals surface area contributed by atoms with Crippen LogP contribution in [0.3, 0.4) is 0 Å². The van der Waals surface area contributed by atoms with Gasteiger partial charge in [0.25, 0.3) is 5.82 Å². The molecule has 0 unspecified atom stereocenters. The second-order valence-corrected chi connectivity index (χ2v) is 4.15. The van der Waals surface area contributed by atoms with Crippen molar-refractivity contribution in [1.82, 2.24) is 24.8 Å². The molecule has 0 aliphatic heterocycles. The average Bonchev–Trinajstić information content (AvgIpc) is 2.90. The smallest absolute Gasteiger partial charge is 0.429 e. The first-order valence-corrected chi connectivity index (χ1v) is 5.93. The molecular weight excluding hydrogens is 321 g/mol. The van der Waals surface area contributed by atoms with Gasteiger partial charge in [-0.2, -0.15) is 17.7 Å². The van der Waals surface area contributed by atoms with Gasteiger partial charge < -0.3 is 14.9 Å². The number of rotatable bonds is 3. The van der Waals surface area contributed by atoms with E-state index in [2.05, 4.69) is 20.3 Å². The molecule has 0 atom stereocenters. The highest BCUT2D eigenvalue weighted by Crippen LogP contribution is 2.30. The van der Waals surface area contributed by atoms with Crippen LogP contribution in [0.5, 0.6) is 11.6 Å². The first-order valence-electron chi connectivity index (χ1n) is 5.93. The lowest BCUT2D eigenvalue weighted by molar-refractivity contribution is -0.390. The normalized spacial score (nSPS) is 11.6. The summed E-state index contributed by atoms with van der Waals surface area (Å²) in [5.74, 6) is -2.49. The quantitative estimate of drug-likeness (QED) is 0.536. The van der Waals surface area contributed by atoms with Crippen LogP contribution in [-0.4, -0.2) is 29.7 Å². The monoisotopic (exact) mass is 326 g/mol. The maximum absolute atomic E-state index is 12.8. The fraction of sp³-hybridized carbons (Fsp3) is 0.0909. The van der Waals surface area contributed by atoms with E-state index in [1.54, 1.807) is 0 Å². The minimum Gasteiger partial charge on any atom is -0.429 e. The Bertz CT molecular complexity index is 894. The Hall–Kier alpha value is -3.31. The molecule has 0 amide bonds. The summed E-state index contributed by atoms with van der Waals surface area (Å²) in [4.78, 5) is 13.6. The molecule has 0 fully saturated rings. The first-order chi connectivity index (χ1) is 10.9. The van der Waals surface area contributed by atoms with Crippen LogP contribution in [0.2, 0.25) is 0 Å². The molecule has 23 heavy (non-hydrogen) atoms. The highest BCUT2D eigenvalue weighted by atomic mass is 19.4. The number of hydrogen-bond donors (Lipinski definition) is 0. The van der Waals surface area contributed by atoms with E-state index in [9.17, 15) is 23.3 Å². The van der Waals surface area contributed by atoms with Crippen LogP contribution in [-0.2, 0) is 6.18 Å². The zero-order valence-corrected chi connectivity index (χ0v) is 10.9. The number of hydrogen-bond acceptors (Lipinski definition) is 7. The zero-order valence-electron chi connectivity index (χ0n) is 10.9. The molecule has 0 N–H and O–H groups in total. The number of ether oxygens (including phenoxy) is 1. The maximum Gasteiger partial charge on any atom is 0.453 e. The molecule has 0 saturated carbocycles. The van der Waals surface area contributed by atoms with Gasteiger partial charge in [-0.25, -0.2) is 0 Å². The average molecular weight is 326 g/mol. The Morgan fingerprint density at radius 2 is 2.00 bits per heavy atom. The van der Waals surface area contributed by atoms with Gasteiger partial charge in [0.2, 0.25) is 11.6 Å². The van der Waals surface area contributed by atoms with Gasteiger partial charge in [0.1, 0.15) is 6.20 Å². The van der Waals surface area contributed by atoms with E-state index < -0.39 is 22.7 Å². The number of pyridine rings is 1. The molecule has 12 heteroatoms. The number of fused-ring (bicyclic) bond motifs is 1. The van der Waals surface area contributed by atoms with E-state index in [0.29, 0.717) is 4.52 Å². The number of nitrogens with zero attached hydrogens (tertiary/aromatic N) is 6. The van der Waals surface area contributed by atoms with Crippen molar-refractivity contribution < 1.29 is 22.8 Å². The van der Waals surface area contributed by atoms with Crippen LogP contribution in [0.25, 0.3) is 5.65 Å². The van der Waals surface area contributed by atoms with Crippen molar-refractivity contribution in [2.24, 2.45) is 0 Å². The molecule has 3 aromatic rings. The lowest BCUT2D eigenvalue weighted by Crippen LogP contribution is -2.12. The molecule has 0 aliphatic rings. The van der Waals surface area contributed by atoms with Gasteiger partial charge >= 0.3 is 12.0 Å². The molecule has 3 rings (SSSR count). The SMILES string of the molecule is O=[N+]([O-])c1ncccc1Oc1ccc2nnc(C(F)(F)F)n2n1. The molecule has 3 heterocycles. The van der Waals surface area contributed by atoms with Crippen molar-refractivity contribution in [2.75, 3.05) is 0 Å². The Labute approximate surface area is 124 Å². The third kappa shape index (κ3) is 2.73. The van der Waals surface area contributed by atoms with Crippen LogP contribution in [0.15, 0.2) is 30.5 Å². The van der Waals surface area contributed by atoms with E-state index in [0.717, 1.165) is 0 Å². The molecule has 9 nitrogen and oxygen atoms in total. The van der Waals surface area contributed by atoms with E-state index in [1.807, 2.05) is 0 Å². The highest BCUT2D eigenvalue weighted by Gasteiger charge is 2.37. The fourth-order valence-corrected chi connectivity index (χ4v) is 1.71. The predicted octanol–water partition coefficient (Wildman–Crippen LogP) is 2.24. The molecule has 0 radical (unpaired) electrons. The van der Waals surface area contributed by atoms with Crippen LogP contribution in [0.1, 0.15) is 5.82 Å². The van der Waals surface area contributed by atoms with Crippen molar-refractivity contribution in [2.45, 2.75) is 6.18 Å². The molecule has 0 aliphatic carbocycles. The van der Waals surface area contributed by atoms with E-state index in [1.165, 1.54) is 30.5 Å². The van der Waals surface area contributed by atoms with E-state index in [-0.39, 0.29) is 17.3 Å². The van der Waals surface area contributed by atoms with Crippen molar-refractivity contribution in [3.8, 4) is 11.6 Å². The van der Waals surface area contributed by atoms with Gasteiger partial charge in [0, 0.05) is 6.07 Å². The highest BCUT2D eigenvalue weighted by molar-refractivity contribution is 5.43. The summed E-state index contributed by atoms with van der Waals surface area (Å²) in [7, 11) is 0. The van der Waals surface area contributed by atoms with E-state index >= 15 is 0 Å². The second-order valence-electron chi connectivity index (χ2n) is 4.15. The standard InChI is InChI=1S/C11H5F3N6O3/c12-11(13,14)10-17-16-7-3-4-8(18-19(7)10)23-6-2-1-5-15-9(6)20(21)22/h1-5H. The number of nitro groups is 1. The second kappa shape index (κ2) is 5.15. The van der Waals surface area contributed by atoms with Crippen molar-refractivity contribution in [1.29, 1.82) is 0 Å². The van der Waals surface area contributed by atoms with Gasteiger partial charge in [-0.15, -0.1) is 15.3 Å². The molecular formula is C11H5F3N6O3. The van der Waals surface area contributed by atoms with Crippen LogP contribution in [0, 0.1) is 10.1 Å². The number of aromatic nitrogens is 5. The number of alkyl halides is 3. The predicted molar refractivity (Wildman–Crippen MR) is 66.7 cm³/mol. The van der Waals surface area contributed by atoms with Crippen LogP contribution >= 0.6 is 0 Å². The molecule has 0 bridgehead atoms. The molecule has 0 spiro atoms. The summed E-state index contributed by atoms with van der Waals surface area (Å²) < 4.78 is 43.9. The summed E-state index contributed by atoms with van der Waals surface area (Å²) in [6.45, 7) is 0. The van der Waals surface area contributed by atoms with Crippen molar-refractivity contribution in [3.63, 3.8) is 0 Å². The minimum absolute atomic E-state index is 0.148. The summed E-state index contributed by atoms with van der Waals surface area (Å²) in [6.07, 6.45) is -3.57. The van der Waals surface area contributed by atoms with Gasteiger partial charge in [0.15, 0.2) is 5.65 Å².